The quantitative estimate of drug-likeness (QED) is 0.638. The van der Waals surface area contributed by atoms with Crippen LogP contribution in [0.15, 0.2) is 60.7 Å². The standard InChI is InChI=1S/C27H39N3O2/c1-19(2)22(28-26(31)32-27(3,4)5)18-23-29(6)24(20-14-10-8-11-15-20)25(30(23)7)21-16-12-9-13-17-21/h8-17,19,22-25H,18H2,1-7H3,(H,28,31)/t22-,24+,25+/m1/s1. The van der Waals surface area contributed by atoms with Crippen LogP contribution in [0, 0.1) is 5.92 Å². The van der Waals surface area contributed by atoms with Gasteiger partial charge in [-0.15, -0.1) is 0 Å². The molecule has 32 heavy (non-hydrogen) atoms. The van der Waals surface area contributed by atoms with Gasteiger partial charge in [-0.2, -0.15) is 0 Å². The lowest BCUT2D eigenvalue weighted by Gasteiger charge is -2.33. The lowest BCUT2D eigenvalue weighted by atomic mass is 9.93. The Morgan fingerprint density at radius 2 is 1.34 bits per heavy atom. The van der Waals surface area contributed by atoms with E-state index in [-0.39, 0.29) is 36.3 Å². The van der Waals surface area contributed by atoms with Gasteiger partial charge in [0.15, 0.2) is 0 Å². The van der Waals surface area contributed by atoms with Crippen molar-refractivity contribution >= 4 is 6.09 Å². The first-order valence-electron chi connectivity index (χ1n) is 11.6. The molecule has 0 aromatic heterocycles. The van der Waals surface area contributed by atoms with E-state index in [1.807, 2.05) is 20.8 Å². The third-order valence-electron chi connectivity index (χ3n) is 6.37. The predicted octanol–water partition coefficient (Wildman–Crippen LogP) is 5.61. The molecule has 1 N–H and O–H groups in total. The van der Waals surface area contributed by atoms with Gasteiger partial charge >= 0.3 is 6.09 Å². The van der Waals surface area contributed by atoms with Gasteiger partial charge in [-0.05, 0) is 58.3 Å². The highest BCUT2D eigenvalue weighted by Gasteiger charge is 2.45. The molecule has 1 aliphatic rings. The second-order valence-electron chi connectivity index (χ2n) is 10.3. The van der Waals surface area contributed by atoms with Gasteiger partial charge in [-0.3, -0.25) is 9.80 Å². The SMILES string of the molecule is CC(C)[C@@H](CC1N(C)[C@@H](c2ccccc2)[C@H](c2ccccc2)N1C)NC(=O)OC(C)(C)C. The number of likely N-dealkylation sites (N-methyl/N-ethyl adjacent to an activating group) is 2. The molecular weight excluding hydrogens is 398 g/mol. The molecule has 2 aromatic carbocycles. The average Bonchev–Trinajstić information content (AvgIpc) is 2.97. The maximum Gasteiger partial charge on any atom is 0.407 e. The van der Waals surface area contributed by atoms with Crippen LogP contribution in [0.25, 0.3) is 0 Å². The van der Waals surface area contributed by atoms with Gasteiger partial charge in [-0.1, -0.05) is 74.5 Å². The van der Waals surface area contributed by atoms with E-state index in [2.05, 4.69) is 104 Å². The summed E-state index contributed by atoms with van der Waals surface area (Å²) >= 11 is 0. The number of ether oxygens (including phenoxy) is 1. The molecule has 1 heterocycles. The Balaban J connectivity index is 1.88. The molecule has 0 saturated carbocycles. The third kappa shape index (κ3) is 5.70. The monoisotopic (exact) mass is 437 g/mol. The van der Waals surface area contributed by atoms with Gasteiger partial charge in [0.25, 0.3) is 0 Å². The Labute approximate surface area is 193 Å². The minimum atomic E-state index is -0.511. The summed E-state index contributed by atoms with van der Waals surface area (Å²) in [7, 11) is 4.40. The van der Waals surface area contributed by atoms with Crippen molar-refractivity contribution in [2.45, 2.75) is 70.9 Å². The van der Waals surface area contributed by atoms with E-state index in [0.717, 1.165) is 6.42 Å². The first kappa shape index (κ1) is 24.3. The molecule has 3 rings (SSSR count). The van der Waals surface area contributed by atoms with Crippen LogP contribution in [-0.2, 0) is 4.74 Å². The molecule has 1 fully saturated rings. The molecule has 3 atom stereocenters. The normalized spacial score (nSPS) is 21.6. The van der Waals surface area contributed by atoms with Crippen molar-refractivity contribution in [1.29, 1.82) is 0 Å². The lowest BCUT2D eigenvalue weighted by Crippen LogP contribution is -2.47. The van der Waals surface area contributed by atoms with Gasteiger partial charge in [0.05, 0.1) is 18.2 Å². The van der Waals surface area contributed by atoms with Crippen LogP contribution in [-0.4, -0.2) is 47.8 Å². The molecular formula is C27H39N3O2. The molecule has 0 bridgehead atoms. The third-order valence-corrected chi connectivity index (χ3v) is 6.37. The molecule has 1 aliphatic heterocycles. The Hall–Kier alpha value is -2.37. The summed E-state index contributed by atoms with van der Waals surface area (Å²) in [5.74, 6) is 0.287. The highest BCUT2D eigenvalue weighted by Crippen LogP contribution is 2.46. The predicted molar refractivity (Wildman–Crippen MR) is 130 cm³/mol. The van der Waals surface area contributed by atoms with E-state index in [4.69, 9.17) is 4.74 Å². The zero-order valence-electron chi connectivity index (χ0n) is 20.6. The van der Waals surface area contributed by atoms with Crippen LogP contribution in [0.3, 0.4) is 0 Å². The topological polar surface area (TPSA) is 44.8 Å². The molecule has 2 aromatic rings. The summed E-state index contributed by atoms with van der Waals surface area (Å²) in [5, 5.41) is 3.14. The molecule has 1 amide bonds. The van der Waals surface area contributed by atoms with Crippen molar-refractivity contribution in [3.05, 3.63) is 71.8 Å². The van der Waals surface area contributed by atoms with Crippen LogP contribution in [0.4, 0.5) is 4.79 Å². The van der Waals surface area contributed by atoms with Crippen LogP contribution in [0.1, 0.15) is 64.3 Å². The van der Waals surface area contributed by atoms with E-state index < -0.39 is 5.60 Å². The smallest absolute Gasteiger partial charge is 0.407 e. The summed E-state index contributed by atoms with van der Waals surface area (Å²) in [6, 6.07) is 21.9. The van der Waals surface area contributed by atoms with Crippen molar-refractivity contribution in [2.24, 2.45) is 5.92 Å². The first-order chi connectivity index (χ1) is 15.1. The number of carbonyl (C=O) groups excluding carboxylic acids is 1. The summed E-state index contributed by atoms with van der Waals surface area (Å²) < 4.78 is 5.54. The van der Waals surface area contributed by atoms with Crippen molar-refractivity contribution < 1.29 is 9.53 Å². The Morgan fingerprint density at radius 1 is 0.906 bits per heavy atom. The Bertz CT molecular complexity index is 812. The summed E-state index contributed by atoms with van der Waals surface area (Å²) in [6.07, 6.45) is 0.641. The zero-order chi connectivity index (χ0) is 23.5. The maximum absolute atomic E-state index is 12.5. The van der Waals surface area contributed by atoms with Gasteiger partial charge in [0.1, 0.15) is 5.60 Å². The molecule has 0 radical (unpaired) electrons. The van der Waals surface area contributed by atoms with Crippen LogP contribution in [0.2, 0.25) is 0 Å². The van der Waals surface area contributed by atoms with Crippen molar-refractivity contribution in [3.63, 3.8) is 0 Å². The number of alkyl carbamates (subject to hydrolysis) is 1. The van der Waals surface area contributed by atoms with Crippen LogP contribution >= 0.6 is 0 Å². The molecule has 1 saturated heterocycles. The summed E-state index contributed by atoms with van der Waals surface area (Å²) in [6.45, 7) is 9.99. The van der Waals surface area contributed by atoms with Gasteiger partial charge in [0, 0.05) is 6.04 Å². The number of nitrogens with one attached hydrogen (secondary N) is 1. The molecule has 0 unspecified atom stereocenters. The van der Waals surface area contributed by atoms with Gasteiger partial charge in [0.2, 0.25) is 0 Å². The number of rotatable bonds is 6. The maximum atomic E-state index is 12.5. The second kappa shape index (κ2) is 10.1. The average molecular weight is 438 g/mol. The number of hydrogen-bond donors (Lipinski definition) is 1. The van der Waals surface area contributed by atoms with Crippen molar-refractivity contribution in [1.82, 2.24) is 15.1 Å². The molecule has 5 heteroatoms. The highest BCUT2D eigenvalue weighted by atomic mass is 16.6. The largest absolute Gasteiger partial charge is 0.444 e. The fourth-order valence-electron chi connectivity index (χ4n) is 4.76. The minimum absolute atomic E-state index is 0.00527. The molecule has 174 valence electrons. The van der Waals surface area contributed by atoms with Gasteiger partial charge < -0.3 is 10.1 Å². The van der Waals surface area contributed by atoms with Crippen LogP contribution in [0.5, 0.6) is 0 Å². The van der Waals surface area contributed by atoms with E-state index in [9.17, 15) is 4.79 Å². The number of amides is 1. The highest BCUT2D eigenvalue weighted by molar-refractivity contribution is 5.68. The minimum Gasteiger partial charge on any atom is -0.444 e. The van der Waals surface area contributed by atoms with E-state index >= 15 is 0 Å². The number of carbonyl (C=O) groups is 1. The van der Waals surface area contributed by atoms with Crippen molar-refractivity contribution in [3.8, 4) is 0 Å². The van der Waals surface area contributed by atoms with E-state index in [0.29, 0.717) is 0 Å². The number of nitrogens with zero attached hydrogens (tertiary/aromatic N) is 2. The second-order valence-corrected chi connectivity index (χ2v) is 10.3. The fraction of sp³-hybridized carbons (Fsp3) is 0.519. The fourth-order valence-corrected chi connectivity index (χ4v) is 4.76. The van der Waals surface area contributed by atoms with E-state index in [1.165, 1.54) is 11.1 Å². The van der Waals surface area contributed by atoms with Gasteiger partial charge in [-0.25, -0.2) is 4.79 Å². The van der Waals surface area contributed by atoms with E-state index in [1.54, 1.807) is 0 Å². The first-order valence-corrected chi connectivity index (χ1v) is 11.6. The summed E-state index contributed by atoms with van der Waals surface area (Å²) in [4.78, 5) is 17.4. The molecule has 0 aliphatic carbocycles. The zero-order valence-corrected chi connectivity index (χ0v) is 20.6. The van der Waals surface area contributed by atoms with Crippen molar-refractivity contribution in [2.75, 3.05) is 14.1 Å². The Morgan fingerprint density at radius 3 is 1.72 bits per heavy atom. The van der Waals surface area contributed by atoms with Crippen LogP contribution < -0.4 is 5.32 Å². The molecule has 0 spiro atoms. The molecule has 5 nitrogen and oxygen atoms in total. The summed E-state index contributed by atoms with van der Waals surface area (Å²) in [5.41, 5.74) is 2.10. The Kier molecular flexibility index (Phi) is 7.63. The number of hydrogen-bond acceptors (Lipinski definition) is 4. The number of benzene rings is 2. The lowest BCUT2D eigenvalue weighted by molar-refractivity contribution is 0.0456.